The van der Waals surface area contributed by atoms with Gasteiger partial charge in [0, 0.05) is 22.6 Å². The molecule has 2 aromatic rings. The highest BCUT2D eigenvalue weighted by molar-refractivity contribution is 9.10. The lowest BCUT2D eigenvalue weighted by atomic mass is 10.4. The molecule has 3 N–H and O–H groups in total. The minimum Gasteiger partial charge on any atom is -0.325 e. The van der Waals surface area contributed by atoms with Crippen LogP contribution in [0.4, 0.5) is 5.69 Å². The van der Waals surface area contributed by atoms with Gasteiger partial charge in [0.05, 0.1) is 5.69 Å². The zero-order chi connectivity index (χ0) is 13.1. The number of nitrogens with one attached hydrogen (secondary N) is 1. The summed E-state index contributed by atoms with van der Waals surface area (Å²) in [6, 6.07) is 1.67. The Labute approximate surface area is 121 Å². The summed E-state index contributed by atoms with van der Waals surface area (Å²) in [5.41, 5.74) is 6.18. The van der Waals surface area contributed by atoms with Gasteiger partial charge in [-0.05, 0) is 22.0 Å². The zero-order valence-corrected chi connectivity index (χ0v) is 12.1. The fourth-order valence-corrected chi connectivity index (χ4v) is 2.34. The number of nitrogens with two attached hydrogens (primary N) is 1. The number of hydrogen-bond acceptors (Lipinski definition) is 5. The number of pyridine rings is 1. The first-order valence-corrected chi connectivity index (χ1v) is 6.92. The second-order valence-corrected chi connectivity index (χ2v) is 5.49. The summed E-state index contributed by atoms with van der Waals surface area (Å²) in [5.74, 6) is -0.340. The monoisotopic (exact) mass is 346 g/mol. The molecular formula is C10H8BrClN4OS. The van der Waals surface area contributed by atoms with E-state index in [4.69, 9.17) is 17.3 Å². The van der Waals surface area contributed by atoms with E-state index in [1.165, 1.54) is 11.3 Å². The summed E-state index contributed by atoms with van der Waals surface area (Å²) in [7, 11) is 0. The second kappa shape index (κ2) is 5.75. The van der Waals surface area contributed by atoms with Gasteiger partial charge < -0.3 is 11.1 Å². The van der Waals surface area contributed by atoms with Crippen LogP contribution in [-0.4, -0.2) is 15.9 Å². The molecule has 18 heavy (non-hydrogen) atoms. The minimum atomic E-state index is -0.340. The van der Waals surface area contributed by atoms with Crippen molar-refractivity contribution in [3.63, 3.8) is 0 Å². The molecule has 0 fully saturated rings. The zero-order valence-electron chi connectivity index (χ0n) is 8.98. The van der Waals surface area contributed by atoms with Crippen LogP contribution >= 0.6 is 38.9 Å². The largest absolute Gasteiger partial charge is 0.325 e. The van der Waals surface area contributed by atoms with Crippen molar-refractivity contribution in [2.45, 2.75) is 6.54 Å². The quantitative estimate of drug-likeness (QED) is 0.836. The number of hydrogen-bond donors (Lipinski definition) is 2. The van der Waals surface area contributed by atoms with Crippen LogP contribution in [0.3, 0.4) is 0 Å². The van der Waals surface area contributed by atoms with Crippen LogP contribution in [0.25, 0.3) is 0 Å². The Hall–Kier alpha value is -1.02. The SMILES string of the molecule is NCc1nc(C(=O)Nc2cc(Br)cnc2Cl)cs1. The summed E-state index contributed by atoms with van der Waals surface area (Å²) in [5, 5.41) is 5.22. The number of nitrogens with zero attached hydrogens (tertiary/aromatic N) is 2. The Morgan fingerprint density at radius 2 is 2.39 bits per heavy atom. The Morgan fingerprint density at radius 1 is 1.61 bits per heavy atom. The second-order valence-electron chi connectivity index (χ2n) is 3.28. The molecule has 2 rings (SSSR count). The number of anilines is 1. The molecule has 0 atom stereocenters. The first-order valence-electron chi connectivity index (χ1n) is 4.87. The Bertz CT molecular complexity index is 589. The maximum Gasteiger partial charge on any atom is 0.275 e. The molecule has 2 aromatic heterocycles. The fourth-order valence-electron chi connectivity index (χ4n) is 1.21. The van der Waals surface area contributed by atoms with Gasteiger partial charge in [-0.3, -0.25) is 4.79 Å². The molecule has 0 radical (unpaired) electrons. The predicted octanol–water partition coefficient (Wildman–Crippen LogP) is 2.67. The van der Waals surface area contributed by atoms with E-state index >= 15 is 0 Å². The number of carbonyl (C=O) groups is 1. The topological polar surface area (TPSA) is 80.9 Å². The van der Waals surface area contributed by atoms with Gasteiger partial charge in [0.1, 0.15) is 10.7 Å². The van der Waals surface area contributed by atoms with Crippen LogP contribution in [-0.2, 0) is 6.54 Å². The molecule has 0 unspecified atom stereocenters. The average Bonchev–Trinajstić information content (AvgIpc) is 2.82. The van der Waals surface area contributed by atoms with Crippen LogP contribution < -0.4 is 11.1 Å². The number of carbonyl (C=O) groups excluding carboxylic acids is 1. The Morgan fingerprint density at radius 3 is 3.06 bits per heavy atom. The van der Waals surface area contributed by atoms with Crippen LogP contribution in [0.1, 0.15) is 15.5 Å². The van der Waals surface area contributed by atoms with Gasteiger partial charge in [0.25, 0.3) is 5.91 Å². The lowest BCUT2D eigenvalue weighted by Crippen LogP contribution is -2.13. The molecule has 0 spiro atoms. The van der Waals surface area contributed by atoms with Crippen molar-refractivity contribution in [3.05, 3.63) is 38.0 Å². The van der Waals surface area contributed by atoms with E-state index in [0.717, 1.165) is 4.47 Å². The number of amides is 1. The van der Waals surface area contributed by atoms with Gasteiger partial charge in [0.15, 0.2) is 5.15 Å². The molecular weight excluding hydrogens is 340 g/mol. The van der Waals surface area contributed by atoms with Gasteiger partial charge in [-0.25, -0.2) is 9.97 Å². The van der Waals surface area contributed by atoms with Crippen molar-refractivity contribution in [1.29, 1.82) is 0 Å². The number of aromatic nitrogens is 2. The Balaban J connectivity index is 2.18. The van der Waals surface area contributed by atoms with Crippen molar-refractivity contribution >= 4 is 50.5 Å². The van der Waals surface area contributed by atoms with Gasteiger partial charge in [-0.2, -0.15) is 0 Å². The van der Waals surface area contributed by atoms with E-state index in [1.807, 2.05) is 0 Å². The molecule has 8 heteroatoms. The molecule has 0 bridgehead atoms. The third-order valence-electron chi connectivity index (χ3n) is 2.01. The van der Waals surface area contributed by atoms with E-state index in [9.17, 15) is 4.79 Å². The van der Waals surface area contributed by atoms with Gasteiger partial charge in [0.2, 0.25) is 0 Å². The van der Waals surface area contributed by atoms with Crippen LogP contribution in [0.15, 0.2) is 22.1 Å². The highest BCUT2D eigenvalue weighted by atomic mass is 79.9. The van der Waals surface area contributed by atoms with E-state index in [2.05, 4.69) is 31.2 Å². The lowest BCUT2D eigenvalue weighted by molar-refractivity contribution is 0.102. The predicted molar refractivity (Wildman–Crippen MR) is 74.9 cm³/mol. The maximum absolute atomic E-state index is 11.9. The summed E-state index contributed by atoms with van der Waals surface area (Å²) in [4.78, 5) is 19.9. The molecule has 0 aliphatic rings. The van der Waals surface area contributed by atoms with Crippen molar-refractivity contribution in [3.8, 4) is 0 Å². The number of rotatable bonds is 3. The molecule has 0 aliphatic heterocycles. The molecule has 0 saturated heterocycles. The van der Waals surface area contributed by atoms with Crippen molar-refractivity contribution < 1.29 is 4.79 Å². The molecule has 1 amide bonds. The molecule has 0 aliphatic carbocycles. The molecule has 2 heterocycles. The molecule has 0 aromatic carbocycles. The molecule has 0 saturated carbocycles. The van der Waals surface area contributed by atoms with Gasteiger partial charge in [-0.1, -0.05) is 11.6 Å². The van der Waals surface area contributed by atoms with Crippen molar-refractivity contribution in [2.24, 2.45) is 5.73 Å². The van der Waals surface area contributed by atoms with E-state index in [1.54, 1.807) is 17.6 Å². The van der Waals surface area contributed by atoms with Crippen LogP contribution in [0, 0.1) is 0 Å². The third kappa shape index (κ3) is 3.05. The maximum atomic E-state index is 11.9. The highest BCUT2D eigenvalue weighted by Crippen LogP contribution is 2.23. The molecule has 94 valence electrons. The van der Waals surface area contributed by atoms with Gasteiger partial charge >= 0.3 is 0 Å². The first-order chi connectivity index (χ1) is 8.60. The first kappa shape index (κ1) is 13.4. The standard InChI is InChI=1S/C10H8BrClN4OS/c11-5-1-6(9(12)14-3-5)16-10(17)7-4-18-8(2-13)15-7/h1,3-4H,2,13H2,(H,16,17). The van der Waals surface area contributed by atoms with Crippen molar-refractivity contribution in [2.75, 3.05) is 5.32 Å². The van der Waals surface area contributed by atoms with Gasteiger partial charge in [-0.15, -0.1) is 11.3 Å². The number of thiazole rings is 1. The van der Waals surface area contributed by atoms with E-state index in [-0.39, 0.29) is 11.1 Å². The summed E-state index contributed by atoms with van der Waals surface area (Å²) in [6.45, 7) is 0.317. The lowest BCUT2D eigenvalue weighted by Gasteiger charge is -2.05. The average molecular weight is 348 g/mol. The molecule has 5 nitrogen and oxygen atoms in total. The summed E-state index contributed by atoms with van der Waals surface area (Å²) < 4.78 is 0.725. The highest BCUT2D eigenvalue weighted by Gasteiger charge is 2.12. The summed E-state index contributed by atoms with van der Waals surface area (Å²) >= 11 is 10.5. The summed E-state index contributed by atoms with van der Waals surface area (Å²) in [6.07, 6.45) is 1.55. The van der Waals surface area contributed by atoms with Crippen LogP contribution in [0.2, 0.25) is 5.15 Å². The number of halogens is 2. The minimum absolute atomic E-state index is 0.223. The Kier molecular flexibility index (Phi) is 4.28. The van der Waals surface area contributed by atoms with E-state index < -0.39 is 0 Å². The van der Waals surface area contributed by atoms with Crippen LogP contribution in [0.5, 0.6) is 0 Å². The fraction of sp³-hybridized carbons (Fsp3) is 0.100. The normalized spacial score (nSPS) is 10.4. The van der Waals surface area contributed by atoms with Crippen molar-refractivity contribution in [1.82, 2.24) is 9.97 Å². The third-order valence-corrected chi connectivity index (χ3v) is 3.62. The smallest absolute Gasteiger partial charge is 0.275 e. The van der Waals surface area contributed by atoms with E-state index in [0.29, 0.717) is 22.9 Å².